The van der Waals surface area contributed by atoms with Gasteiger partial charge in [0.15, 0.2) is 12.1 Å². The van der Waals surface area contributed by atoms with Crippen LogP contribution in [0.5, 0.6) is 0 Å². The van der Waals surface area contributed by atoms with Crippen molar-refractivity contribution in [1.29, 1.82) is 0 Å². The molecule has 90 valence electrons. The number of amides is 1. The number of nitrogens with zero attached hydrogens (tertiary/aromatic N) is 1. The van der Waals surface area contributed by atoms with Gasteiger partial charge in [-0.2, -0.15) is 0 Å². The third-order valence-electron chi connectivity index (χ3n) is 2.38. The van der Waals surface area contributed by atoms with E-state index in [1.165, 1.54) is 0 Å². The van der Waals surface area contributed by atoms with Crippen LogP contribution in [0.15, 0.2) is 0 Å². The first-order valence-electron chi connectivity index (χ1n) is 4.78. The van der Waals surface area contributed by atoms with E-state index in [0.717, 1.165) is 4.90 Å². The van der Waals surface area contributed by atoms with Crippen molar-refractivity contribution in [1.82, 2.24) is 4.90 Å². The summed E-state index contributed by atoms with van der Waals surface area (Å²) in [5.74, 6) is -2.71. The summed E-state index contributed by atoms with van der Waals surface area (Å²) in [6.07, 6.45) is -2.23. The zero-order valence-corrected chi connectivity index (χ0v) is 8.50. The van der Waals surface area contributed by atoms with Crippen molar-refractivity contribution in [2.24, 2.45) is 5.92 Å². The van der Waals surface area contributed by atoms with Crippen molar-refractivity contribution in [3.8, 4) is 0 Å². The van der Waals surface area contributed by atoms with Crippen LogP contribution in [0.25, 0.3) is 0 Å². The molecule has 1 atom stereocenters. The first-order chi connectivity index (χ1) is 7.40. The van der Waals surface area contributed by atoms with Crippen LogP contribution in [0.2, 0.25) is 0 Å². The molecule has 1 fully saturated rings. The van der Waals surface area contributed by atoms with Gasteiger partial charge in [-0.15, -0.1) is 0 Å². The summed E-state index contributed by atoms with van der Waals surface area (Å²) in [4.78, 5) is 34.3. The third-order valence-corrected chi connectivity index (χ3v) is 2.38. The lowest BCUT2D eigenvalue weighted by Crippen LogP contribution is -2.48. The van der Waals surface area contributed by atoms with Gasteiger partial charge >= 0.3 is 5.97 Å². The van der Waals surface area contributed by atoms with Crippen LogP contribution < -0.4 is 0 Å². The lowest BCUT2D eigenvalue weighted by Gasteiger charge is -2.30. The van der Waals surface area contributed by atoms with Gasteiger partial charge in [-0.3, -0.25) is 14.4 Å². The van der Waals surface area contributed by atoms with Crippen LogP contribution in [0.3, 0.4) is 0 Å². The number of piperidine rings is 1. The van der Waals surface area contributed by atoms with Gasteiger partial charge in [-0.1, -0.05) is 0 Å². The number of hydrogen-bond donors (Lipinski definition) is 3. The molecule has 0 bridgehead atoms. The number of carboxylic acid groups (broad SMARTS) is 1. The van der Waals surface area contributed by atoms with Crippen LogP contribution in [0, 0.1) is 5.92 Å². The molecule has 0 aliphatic carbocycles. The van der Waals surface area contributed by atoms with Gasteiger partial charge in [0.2, 0.25) is 5.91 Å². The third kappa shape index (κ3) is 3.28. The number of ketones is 1. The Morgan fingerprint density at radius 2 is 2.06 bits per heavy atom. The molecule has 0 spiro atoms. The number of hydrogen-bond acceptors (Lipinski definition) is 5. The van der Waals surface area contributed by atoms with Crippen molar-refractivity contribution in [3.63, 3.8) is 0 Å². The van der Waals surface area contributed by atoms with Crippen molar-refractivity contribution in [3.05, 3.63) is 0 Å². The van der Waals surface area contributed by atoms with Crippen LogP contribution in [-0.2, 0) is 14.4 Å². The summed E-state index contributed by atoms with van der Waals surface area (Å²) in [6, 6.07) is 0. The van der Waals surface area contributed by atoms with E-state index in [-0.39, 0.29) is 31.7 Å². The van der Waals surface area contributed by atoms with Crippen LogP contribution in [0.1, 0.15) is 12.8 Å². The maximum Gasteiger partial charge on any atom is 0.304 e. The second kappa shape index (κ2) is 5.04. The number of carbonyl (C=O) groups excluding carboxylic acids is 2. The average Bonchev–Trinajstić information content (AvgIpc) is 2.11. The molecule has 7 heteroatoms. The molecule has 1 aliphatic heterocycles. The largest absolute Gasteiger partial charge is 0.481 e. The molecule has 1 amide bonds. The van der Waals surface area contributed by atoms with E-state index in [1.807, 2.05) is 0 Å². The molecule has 16 heavy (non-hydrogen) atoms. The molecule has 0 saturated carbocycles. The molecule has 0 aromatic rings. The zero-order chi connectivity index (χ0) is 12.3. The number of aliphatic hydroxyl groups is 2. The summed E-state index contributed by atoms with van der Waals surface area (Å²) in [5, 5.41) is 25.9. The van der Waals surface area contributed by atoms with Crippen molar-refractivity contribution < 1.29 is 29.7 Å². The highest BCUT2D eigenvalue weighted by molar-refractivity contribution is 5.96. The van der Waals surface area contributed by atoms with E-state index in [2.05, 4.69) is 0 Å². The molecule has 3 N–H and O–H groups in total. The van der Waals surface area contributed by atoms with Crippen LogP contribution >= 0.6 is 0 Å². The van der Waals surface area contributed by atoms with Gasteiger partial charge in [-0.05, 0) is 0 Å². The lowest BCUT2D eigenvalue weighted by atomic mass is 9.92. The molecule has 0 radical (unpaired) electrons. The van der Waals surface area contributed by atoms with Crippen molar-refractivity contribution in [2.75, 3.05) is 13.1 Å². The second-order valence-corrected chi connectivity index (χ2v) is 3.72. The predicted octanol–water partition coefficient (Wildman–Crippen LogP) is -1.81. The number of rotatable bonds is 4. The molecular formula is C9H13NO6. The van der Waals surface area contributed by atoms with E-state index in [1.54, 1.807) is 0 Å². The Hall–Kier alpha value is -1.47. The number of aliphatic hydroxyl groups excluding tert-OH is 1. The number of β-amino-alcohol motifs (C(OH)–C–C–N with tert-alkyl or cyclic N) is 2. The van der Waals surface area contributed by atoms with Gasteiger partial charge in [-0.25, -0.2) is 0 Å². The highest BCUT2D eigenvalue weighted by atomic mass is 16.5. The fraction of sp³-hybridized carbons (Fsp3) is 0.667. The molecule has 1 saturated heterocycles. The van der Waals surface area contributed by atoms with Gasteiger partial charge < -0.3 is 20.2 Å². The fourth-order valence-corrected chi connectivity index (χ4v) is 1.62. The normalized spacial score (nSPS) is 21.7. The van der Waals surface area contributed by atoms with Gasteiger partial charge in [0, 0.05) is 12.3 Å². The Morgan fingerprint density at radius 3 is 2.56 bits per heavy atom. The Bertz CT molecular complexity index is 313. The summed E-state index contributed by atoms with van der Waals surface area (Å²) in [7, 11) is 0. The van der Waals surface area contributed by atoms with E-state index in [4.69, 9.17) is 15.3 Å². The molecule has 1 rings (SSSR count). The summed E-state index contributed by atoms with van der Waals surface area (Å²) >= 11 is 0. The van der Waals surface area contributed by atoms with E-state index < -0.39 is 24.1 Å². The Labute approximate surface area is 91.3 Å². The standard InChI is InChI=1S/C9H13NO6/c11-6-3-10(4-9(15)16)7(12)1-5(6)2-8(13)14/h5,9,15-16H,1-4H2,(H,13,14). The first-order valence-corrected chi connectivity index (χ1v) is 4.78. The summed E-state index contributed by atoms with van der Waals surface area (Å²) < 4.78 is 0. The molecule has 7 nitrogen and oxygen atoms in total. The van der Waals surface area contributed by atoms with Gasteiger partial charge in [0.1, 0.15) is 0 Å². The van der Waals surface area contributed by atoms with Crippen LogP contribution in [0.4, 0.5) is 0 Å². The summed E-state index contributed by atoms with van der Waals surface area (Å²) in [5.41, 5.74) is 0. The highest BCUT2D eigenvalue weighted by Crippen LogP contribution is 2.18. The zero-order valence-electron chi connectivity index (χ0n) is 8.50. The number of Topliss-reactive ketones (excluding diaryl/α,β-unsaturated/α-hetero) is 1. The van der Waals surface area contributed by atoms with E-state index >= 15 is 0 Å². The molecule has 1 aliphatic rings. The van der Waals surface area contributed by atoms with E-state index in [0.29, 0.717) is 0 Å². The summed E-state index contributed by atoms with van der Waals surface area (Å²) in [6.45, 7) is -0.585. The highest BCUT2D eigenvalue weighted by Gasteiger charge is 2.34. The maximum atomic E-state index is 11.4. The Kier molecular flexibility index (Phi) is 3.97. The minimum Gasteiger partial charge on any atom is -0.481 e. The number of likely N-dealkylation sites (tertiary alicyclic amines) is 1. The molecule has 0 aromatic carbocycles. The maximum absolute atomic E-state index is 11.4. The molecule has 0 aromatic heterocycles. The van der Waals surface area contributed by atoms with Crippen LogP contribution in [-0.4, -0.2) is 57.3 Å². The second-order valence-electron chi connectivity index (χ2n) is 3.72. The predicted molar refractivity (Wildman–Crippen MR) is 50.2 cm³/mol. The minimum atomic E-state index is -1.69. The van der Waals surface area contributed by atoms with E-state index in [9.17, 15) is 14.4 Å². The van der Waals surface area contributed by atoms with Gasteiger partial charge in [0.05, 0.1) is 19.5 Å². The number of carbonyl (C=O) groups is 3. The Balaban J connectivity index is 2.60. The first kappa shape index (κ1) is 12.6. The van der Waals surface area contributed by atoms with Crippen molar-refractivity contribution >= 4 is 17.7 Å². The average molecular weight is 231 g/mol. The fourth-order valence-electron chi connectivity index (χ4n) is 1.62. The molecular weight excluding hydrogens is 218 g/mol. The smallest absolute Gasteiger partial charge is 0.304 e. The monoisotopic (exact) mass is 231 g/mol. The topological polar surface area (TPSA) is 115 Å². The van der Waals surface area contributed by atoms with Crippen molar-refractivity contribution in [2.45, 2.75) is 19.1 Å². The van der Waals surface area contributed by atoms with Gasteiger partial charge in [0.25, 0.3) is 0 Å². The Morgan fingerprint density at radius 1 is 1.44 bits per heavy atom. The SMILES string of the molecule is O=C(O)CC1CC(=O)N(CC(O)O)CC1=O. The molecule has 1 unspecified atom stereocenters. The quantitative estimate of drug-likeness (QED) is 0.491. The number of carboxylic acids is 1. The lowest BCUT2D eigenvalue weighted by molar-refractivity contribution is -0.152. The molecule has 1 heterocycles. The minimum absolute atomic E-state index is 0.183. The number of aliphatic carboxylic acids is 1.